The van der Waals surface area contributed by atoms with Gasteiger partial charge >= 0.3 is 0 Å². The Bertz CT molecular complexity index is 464. The summed E-state index contributed by atoms with van der Waals surface area (Å²) in [6, 6.07) is 6.90. The zero-order chi connectivity index (χ0) is 11.6. The molecule has 0 aromatic heterocycles. The molecule has 1 atom stereocenters. The summed E-state index contributed by atoms with van der Waals surface area (Å²) < 4.78 is 28.0. The van der Waals surface area contributed by atoms with Crippen molar-refractivity contribution >= 4 is 10.0 Å². The molecule has 1 aromatic carbocycles. The molecule has 1 saturated heterocycles. The monoisotopic (exact) mass is 241 g/mol. The minimum absolute atomic E-state index is 0.238. The van der Waals surface area contributed by atoms with E-state index in [1.807, 2.05) is 12.1 Å². The summed E-state index contributed by atoms with van der Waals surface area (Å²) in [6.07, 6.45) is 1.70. The molecule has 1 aromatic rings. The summed E-state index contributed by atoms with van der Waals surface area (Å²) in [4.78, 5) is 0.238. The molecule has 1 aliphatic heterocycles. The van der Waals surface area contributed by atoms with Gasteiger partial charge < -0.3 is 4.74 Å². The highest BCUT2D eigenvalue weighted by molar-refractivity contribution is 7.89. The normalized spacial score (nSPS) is 21.2. The van der Waals surface area contributed by atoms with E-state index in [1.54, 1.807) is 12.1 Å². The predicted molar refractivity (Wildman–Crippen MR) is 60.4 cm³/mol. The van der Waals surface area contributed by atoms with Crippen molar-refractivity contribution in [3.05, 3.63) is 29.8 Å². The molecule has 16 heavy (non-hydrogen) atoms. The molecule has 5 heteroatoms. The second kappa shape index (κ2) is 4.53. The number of sulfonamides is 1. The first-order chi connectivity index (χ1) is 7.57. The van der Waals surface area contributed by atoms with E-state index in [4.69, 9.17) is 9.88 Å². The second-order valence-corrected chi connectivity index (χ2v) is 5.62. The standard InChI is InChI=1S/C11H15NO3S/c12-16(13,14)11-4-2-1-3-10(11)7-9-5-6-15-8-9/h1-4,9H,5-8H2,(H2,12,13,14). The van der Waals surface area contributed by atoms with Crippen molar-refractivity contribution in [2.75, 3.05) is 13.2 Å². The third-order valence-corrected chi connectivity index (χ3v) is 3.82. The second-order valence-electron chi connectivity index (χ2n) is 4.09. The molecule has 0 amide bonds. The van der Waals surface area contributed by atoms with Crippen molar-refractivity contribution in [2.45, 2.75) is 17.7 Å². The largest absolute Gasteiger partial charge is 0.381 e. The van der Waals surface area contributed by atoms with Crippen LogP contribution in [0, 0.1) is 5.92 Å². The summed E-state index contributed by atoms with van der Waals surface area (Å²) in [6.45, 7) is 1.47. The fourth-order valence-corrected chi connectivity index (χ4v) is 2.79. The van der Waals surface area contributed by atoms with Crippen LogP contribution in [0.25, 0.3) is 0 Å². The van der Waals surface area contributed by atoms with Gasteiger partial charge in [-0.05, 0) is 30.4 Å². The third kappa shape index (κ3) is 2.61. The number of hydrogen-bond acceptors (Lipinski definition) is 3. The molecule has 88 valence electrons. The molecule has 0 spiro atoms. The molecule has 0 aliphatic carbocycles. The quantitative estimate of drug-likeness (QED) is 0.855. The number of hydrogen-bond donors (Lipinski definition) is 1. The van der Waals surface area contributed by atoms with E-state index < -0.39 is 10.0 Å². The molecule has 1 aliphatic rings. The Balaban J connectivity index is 2.26. The summed E-state index contributed by atoms with van der Waals surface area (Å²) in [7, 11) is -3.62. The van der Waals surface area contributed by atoms with E-state index >= 15 is 0 Å². The first kappa shape index (κ1) is 11.6. The van der Waals surface area contributed by atoms with Crippen LogP contribution in [0.5, 0.6) is 0 Å². The lowest BCUT2D eigenvalue weighted by Crippen LogP contribution is -2.16. The Labute approximate surface area is 95.5 Å². The van der Waals surface area contributed by atoms with Crippen molar-refractivity contribution in [1.82, 2.24) is 0 Å². The SMILES string of the molecule is NS(=O)(=O)c1ccccc1CC1CCOC1. The average molecular weight is 241 g/mol. The lowest BCUT2D eigenvalue weighted by molar-refractivity contribution is 0.185. The summed E-state index contributed by atoms with van der Waals surface area (Å²) in [5, 5.41) is 5.17. The van der Waals surface area contributed by atoms with Crippen LogP contribution in [0.4, 0.5) is 0 Å². The number of nitrogens with two attached hydrogens (primary N) is 1. The topological polar surface area (TPSA) is 69.4 Å². The maximum absolute atomic E-state index is 11.4. The number of benzene rings is 1. The van der Waals surface area contributed by atoms with Gasteiger partial charge in [0.1, 0.15) is 0 Å². The van der Waals surface area contributed by atoms with Gasteiger partial charge in [-0.2, -0.15) is 0 Å². The molecule has 0 radical (unpaired) electrons. The highest BCUT2D eigenvalue weighted by Crippen LogP contribution is 2.22. The van der Waals surface area contributed by atoms with Crippen LogP contribution in [-0.2, 0) is 21.2 Å². The van der Waals surface area contributed by atoms with Crippen molar-refractivity contribution in [3.8, 4) is 0 Å². The minimum atomic E-state index is -3.62. The zero-order valence-electron chi connectivity index (χ0n) is 8.93. The molecule has 4 nitrogen and oxygen atoms in total. The Morgan fingerprint density at radius 2 is 2.12 bits per heavy atom. The summed E-state index contributed by atoms with van der Waals surface area (Å²) in [5.41, 5.74) is 0.792. The van der Waals surface area contributed by atoms with E-state index in [9.17, 15) is 8.42 Å². The first-order valence-corrected chi connectivity index (χ1v) is 6.80. The molecular formula is C11H15NO3S. The molecule has 1 heterocycles. The number of primary sulfonamides is 1. The minimum Gasteiger partial charge on any atom is -0.381 e. The maximum atomic E-state index is 11.4. The van der Waals surface area contributed by atoms with Crippen molar-refractivity contribution in [2.24, 2.45) is 11.1 Å². The van der Waals surface area contributed by atoms with Crippen LogP contribution in [0.15, 0.2) is 29.2 Å². The van der Waals surface area contributed by atoms with Gasteiger partial charge in [-0.1, -0.05) is 18.2 Å². The van der Waals surface area contributed by atoms with Gasteiger partial charge in [-0.25, -0.2) is 13.6 Å². The molecule has 2 rings (SSSR count). The maximum Gasteiger partial charge on any atom is 0.238 e. The van der Waals surface area contributed by atoms with E-state index in [1.165, 1.54) is 0 Å². The van der Waals surface area contributed by atoms with Gasteiger partial charge in [0.15, 0.2) is 0 Å². The average Bonchev–Trinajstić information content (AvgIpc) is 2.70. The number of ether oxygens (including phenoxy) is 1. The lowest BCUT2D eigenvalue weighted by Gasteiger charge is -2.10. The summed E-state index contributed by atoms with van der Waals surface area (Å²) >= 11 is 0. The van der Waals surface area contributed by atoms with Crippen LogP contribution in [0.2, 0.25) is 0 Å². The molecule has 0 saturated carbocycles. The van der Waals surface area contributed by atoms with Crippen molar-refractivity contribution < 1.29 is 13.2 Å². The number of rotatable bonds is 3. The van der Waals surface area contributed by atoms with Crippen LogP contribution < -0.4 is 5.14 Å². The van der Waals surface area contributed by atoms with Crippen LogP contribution in [0.1, 0.15) is 12.0 Å². The molecule has 1 fully saturated rings. The van der Waals surface area contributed by atoms with E-state index in [0.717, 1.165) is 18.6 Å². The van der Waals surface area contributed by atoms with Crippen LogP contribution >= 0.6 is 0 Å². The Morgan fingerprint density at radius 1 is 1.38 bits per heavy atom. The molecule has 0 bridgehead atoms. The summed E-state index contributed by atoms with van der Waals surface area (Å²) in [5.74, 6) is 0.405. The Kier molecular flexibility index (Phi) is 3.28. The Hall–Kier alpha value is -0.910. The molecular weight excluding hydrogens is 226 g/mol. The van der Waals surface area contributed by atoms with E-state index in [0.29, 0.717) is 18.9 Å². The van der Waals surface area contributed by atoms with Gasteiger partial charge in [0, 0.05) is 13.2 Å². The smallest absolute Gasteiger partial charge is 0.238 e. The van der Waals surface area contributed by atoms with Gasteiger partial charge in [0.25, 0.3) is 0 Å². The van der Waals surface area contributed by atoms with Gasteiger partial charge in [-0.15, -0.1) is 0 Å². The van der Waals surface area contributed by atoms with Gasteiger partial charge in [0.2, 0.25) is 10.0 Å². The third-order valence-electron chi connectivity index (χ3n) is 2.81. The van der Waals surface area contributed by atoms with E-state index in [2.05, 4.69) is 0 Å². The fourth-order valence-electron chi connectivity index (χ4n) is 2.01. The highest BCUT2D eigenvalue weighted by Gasteiger charge is 2.20. The lowest BCUT2D eigenvalue weighted by atomic mass is 9.99. The predicted octanol–water partition coefficient (Wildman–Crippen LogP) is 0.913. The van der Waals surface area contributed by atoms with Gasteiger partial charge in [0.05, 0.1) is 4.90 Å². The first-order valence-electron chi connectivity index (χ1n) is 5.26. The van der Waals surface area contributed by atoms with Crippen molar-refractivity contribution in [1.29, 1.82) is 0 Å². The van der Waals surface area contributed by atoms with Crippen LogP contribution in [-0.4, -0.2) is 21.6 Å². The zero-order valence-corrected chi connectivity index (χ0v) is 9.74. The van der Waals surface area contributed by atoms with Crippen LogP contribution in [0.3, 0.4) is 0 Å². The van der Waals surface area contributed by atoms with Gasteiger partial charge in [-0.3, -0.25) is 0 Å². The van der Waals surface area contributed by atoms with E-state index in [-0.39, 0.29) is 4.90 Å². The highest BCUT2D eigenvalue weighted by atomic mass is 32.2. The molecule has 1 unspecified atom stereocenters. The van der Waals surface area contributed by atoms with Crippen molar-refractivity contribution in [3.63, 3.8) is 0 Å². The molecule has 2 N–H and O–H groups in total. The fraction of sp³-hybridized carbons (Fsp3) is 0.455. The Morgan fingerprint density at radius 3 is 2.75 bits per heavy atom.